The Morgan fingerprint density at radius 1 is 1.11 bits per heavy atom. The molecule has 0 spiro atoms. The number of amides is 1. The van der Waals surface area contributed by atoms with Gasteiger partial charge in [0.15, 0.2) is 0 Å². The van der Waals surface area contributed by atoms with Gasteiger partial charge in [-0.05, 0) is 62.2 Å². The molecule has 0 fully saturated rings. The van der Waals surface area contributed by atoms with E-state index >= 15 is 4.39 Å². The van der Waals surface area contributed by atoms with Crippen LogP contribution in [0.3, 0.4) is 0 Å². The van der Waals surface area contributed by atoms with E-state index in [2.05, 4.69) is 0 Å². The third kappa shape index (κ3) is 3.53. The summed E-state index contributed by atoms with van der Waals surface area (Å²) in [6.07, 6.45) is 0.268. The van der Waals surface area contributed by atoms with Gasteiger partial charge >= 0.3 is 0 Å². The van der Waals surface area contributed by atoms with Crippen LogP contribution in [-0.2, 0) is 4.57 Å². The Morgan fingerprint density at radius 2 is 1.92 bits per heavy atom. The van der Waals surface area contributed by atoms with Crippen molar-refractivity contribution in [1.29, 1.82) is 0 Å². The summed E-state index contributed by atoms with van der Waals surface area (Å²) in [7, 11) is -3.04. The summed E-state index contributed by atoms with van der Waals surface area (Å²) in [4.78, 5) is 19.3. The minimum absolute atomic E-state index is 0.0000393. The molecule has 1 amide bonds. The molecule has 6 nitrogen and oxygen atoms in total. The Kier molecular flexibility index (Phi) is 4.58. The van der Waals surface area contributed by atoms with Gasteiger partial charge in [0.05, 0.1) is 29.7 Å². The molecule has 0 unspecified atom stereocenters. The number of ether oxygens (including phenoxy) is 1. The van der Waals surface area contributed by atoms with Crippen molar-refractivity contribution in [1.82, 2.24) is 14.5 Å². The van der Waals surface area contributed by atoms with Crippen LogP contribution in [0.5, 0.6) is 5.75 Å². The molecule has 0 N–H and O–H groups in total. The Labute approximate surface area is 217 Å². The van der Waals surface area contributed by atoms with Crippen molar-refractivity contribution in [3.8, 4) is 16.9 Å². The number of carbonyl (C=O) groups excluding carboxylic acids is 1. The van der Waals surface area contributed by atoms with Gasteiger partial charge in [0.25, 0.3) is 5.91 Å². The first-order chi connectivity index (χ1) is 18.8. The second kappa shape index (κ2) is 8.25. The van der Waals surface area contributed by atoms with Crippen molar-refractivity contribution in [3.05, 3.63) is 77.1 Å². The summed E-state index contributed by atoms with van der Waals surface area (Å²) >= 11 is 0. The van der Waals surface area contributed by atoms with Gasteiger partial charge in [-0.2, -0.15) is 0 Å². The van der Waals surface area contributed by atoms with Crippen LogP contribution in [0.4, 0.5) is 8.78 Å². The van der Waals surface area contributed by atoms with Gasteiger partial charge in [-0.3, -0.25) is 4.79 Å². The second-order valence-corrected chi connectivity index (χ2v) is 13.0. The molecule has 3 aromatic carbocycles. The fourth-order valence-electron chi connectivity index (χ4n) is 5.53. The summed E-state index contributed by atoms with van der Waals surface area (Å²) in [5.74, 6) is -1.21. The van der Waals surface area contributed by atoms with Gasteiger partial charge in [-0.25, -0.2) is 13.8 Å². The van der Waals surface area contributed by atoms with Crippen LogP contribution >= 0.6 is 7.14 Å². The zero-order valence-electron chi connectivity index (χ0n) is 23.5. The van der Waals surface area contributed by atoms with E-state index in [1.54, 1.807) is 36.4 Å². The van der Waals surface area contributed by atoms with Crippen molar-refractivity contribution >= 4 is 29.4 Å². The van der Waals surface area contributed by atoms with E-state index in [9.17, 15) is 13.8 Å². The van der Waals surface area contributed by atoms with Crippen LogP contribution in [-0.4, -0.2) is 47.3 Å². The fourth-order valence-corrected chi connectivity index (χ4v) is 6.53. The van der Waals surface area contributed by atoms with E-state index in [-0.39, 0.29) is 22.9 Å². The number of hydrogen-bond acceptors (Lipinski definition) is 4. The van der Waals surface area contributed by atoms with Crippen molar-refractivity contribution in [2.75, 3.05) is 26.9 Å². The summed E-state index contributed by atoms with van der Waals surface area (Å²) in [5, 5.41) is -0.153. The predicted octanol–water partition coefficient (Wildman–Crippen LogP) is 5.75. The number of aromatic nitrogens is 2. The third-order valence-corrected chi connectivity index (χ3v) is 8.66. The highest BCUT2D eigenvalue weighted by Gasteiger charge is 2.44. The monoisotopic (exact) mass is 524 g/mol. The van der Waals surface area contributed by atoms with Gasteiger partial charge in [0, 0.05) is 39.5 Å². The molecule has 6 rings (SSSR count). The quantitative estimate of drug-likeness (QED) is 0.319. The normalized spacial score (nSPS) is 20.2. The lowest BCUT2D eigenvalue weighted by molar-refractivity contribution is 0.0734. The zero-order valence-corrected chi connectivity index (χ0v) is 21.4. The molecule has 190 valence electrons. The Bertz CT molecular complexity index is 1770. The lowest BCUT2D eigenvalue weighted by atomic mass is 9.97. The lowest BCUT2D eigenvalue weighted by Crippen LogP contribution is -2.30. The largest absolute Gasteiger partial charge is 0.493 e. The number of nitrogens with zero attached hydrogens (tertiary/aromatic N) is 3. The molecule has 2 aliphatic rings. The maximum atomic E-state index is 15.2. The van der Waals surface area contributed by atoms with E-state index in [0.717, 1.165) is 17.0 Å². The van der Waals surface area contributed by atoms with Gasteiger partial charge in [-0.15, -0.1) is 0 Å². The molecule has 0 radical (unpaired) electrons. The topological polar surface area (TPSA) is 64.4 Å². The standard InChI is InChI=1S/C28H26F2N3O3P/c1-5-36-24-8-6-7-16-26(24)22-14-23(32(2)28(16)34)27-31-20-10-9-15(11-21(20)33(22)27)17-12-19(30)25(13-18(17)29)37(3,4)35/h6-13,22-23H,5,14H2,1-4H3/t22-,23+/m1/s1/i2D3. The predicted molar refractivity (Wildman–Crippen MR) is 139 cm³/mol. The fraction of sp³-hybridized carbons (Fsp3) is 0.286. The number of halogens is 2. The second-order valence-electron chi connectivity index (χ2n) is 9.77. The Morgan fingerprint density at radius 3 is 2.65 bits per heavy atom. The molecular weight excluding hydrogens is 495 g/mol. The van der Waals surface area contributed by atoms with Crippen molar-refractivity contribution in [2.24, 2.45) is 0 Å². The van der Waals surface area contributed by atoms with Gasteiger partial charge in [0.1, 0.15) is 30.4 Å². The Balaban J connectivity index is 1.59. The SMILES string of the molecule is [2H]C([2H])([2H])N1C(=O)c2cccc(OCC)c2[C@H]2C[C@H]1c1nc3ccc(-c4cc(F)c(P(C)(C)=O)cc4F)cc3n12. The minimum atomic E-state index is -3.04. The molecule has 2 aliphatic heterocycles. The molecule has 9 heteroatoms. The first-order valence-corrected chi connectivity index (χ1v) is 14.6. The van der Waals surface area contributed by atoms with E-state index in [1.807, 2.05) is 11.5 Å². The number of hydrogen-bond donors (Lipinski definition) is 0. The molecule has 0 aliphatic carbocycles. The van der Waals surface area contributed by atoms with Crippen LogP contribution in [0.15, 0.2) is 48.5 Å². The molecule has 1 aromatic heterocycles. The maximum absolute atomic E-state index is 15.2. The molecule has 0 saturated carbocycles. The molecule has 4 aromatic rings. The summed E-state index contributed by atoms with van der Waals surface area (Å²) in [6.45, 7) is 2.20. The van der Waals surface area contributed by atoms with E-state index in [0.29, 0.717) is 40.3 Å². The minimum Gasteiger partial charge on any atom is -0.493 e. The highest BCUT2D eigenvalue weighted by Crippen LogP contribution is 2.50. The average Bonchev–Trinajstić information content (AvgIpc) is 3.37. The van der Waals surface area contributed by atoms with Crippen LogP contribution in [0, 0.1) is 11.6 Å². The van der Waals surface area contributed by atoms with Crippen LogP contribution in [0.1, 0.15) is 51.3 Å². The Hall–Kier alpha value is -3.51. The zero-order chi connectivity index (χ0) is 28.7. The highest BCUT2D eigenvalue weighted by molar-refractivity contribution is 7.70. The average molecular weight is 525 g/mol. The number of fused-ring (bicyclic) bond motifs is 9. The van der Waals surface area contributed by atoms with E-state index in [1.165, 1.54) is 13.3 Å². The van der Waals surface area contributed by atoms with Crippen LogP contribution in [0.2, 0.25) is 0 Å². The maximum Gasteiger partial charge on any atom is 0.254 e. The lowest BCUT2D eigenvalue weighted by Gasteiger charge is -2.24. The van der Waals surface area contributed by atoms with E-state index in [4.69, 9.17) is 13.8 Å². The van der Waals surface area contributed by atoms with Gasteiger partial charge < -0.3 is 18.8 Å². The highest BCUT2D eigenvalue weighted by atomic mass is 31.2. The first-order valence-electron chi connectivity index (χ1n) is 13.5. The van der Waals surface area contributed by atoms with Crippen LogP contribution in [0.25, 0.3) is 22.2 Å². The number of rotatable bonds is 4. The molecule has 2 bridgehead atoms. The summed E-state index contributed by atoms with van der Waals surface area (Å²) in [6, 6.07) is 10.7. The molecule has 0 saturated heterocycles. The molecule has 3 heterocycles. The van der Waals surface area contributed by atoms with Crippen LogP contribution < -0.4 is 10.0 Å². The summed E-state index contributed by atoms with van der Waals surface area (Å²) in [5.41, 5.74) is 2.29. The number of imidazole rings is 1. The van der Waals surface area contributed by atoms with Gasteiger partial charge in [0.2, 0.25) is 0 Å². The van der Waals surface area contributed by atoms with Gasteiger partial charge in [-0.1, -0.05) is 12.1 Å². The number of benzene rings is 3. The molecular formula is C28H26F2N3O3P. The van der Waals surface area contributed by atoms with Crippen molar-refractivity contribution < 1.29 is 27.0 Å². The van der Waals surface area contributed by atoms with E-state index < -0.39 is 43.7 Å². The first kappa shape index (κ1) is 20.5. The van der Waals surface area contributed by atoms with Crippen molar-refractivity contribution in [2.45, 2.75) is 25.4 Å². The third-order valence-electron chi connectivity index (χ3n) is 7.16. The summed E-state index contributed by atoms with van der Waals surface area (Å²) < 4.78 is 74.9. The number of carbonyl (C=O) groups is 1. The van der Waals surface area contributed by atoms with Crippen molar-refractivity contribution in [3.63, 3.8) is 0 Å². The molecule has 37 heavy (non-hydrogen) atoms. The molecule has 2 atom stereocenters. The smallest absolute Gasteiger partial charge is 0.254 e.